The highest BCUT2D eigenvalue weighted by Gasteiger charge is 2.33. The van der Waals surface area contributed by atoms with Gasteiger partial charge in [-0.05, 0) is 59.9 Å². The molecule has 0 aliphatic carbocycles. The minimum absolute atomic E-state index is 0.0873. The van der Waals surface area contributed by atoms with Gasteiger partial charge in [-0.1, -0.05) is 38.1 Å². The summed E-state index contributed by atoms with van der Waals surface area (Å²) in [6, 6.07) is 19.0. The van der Waals surface area contributed by atoms with Gasteiger partial charge in [-0.2, -0.15) is 0 Å². The van der Waals surface area contributed by atoms with E-state index in [4.69, 9.17) is 9.15 Å². The third kappa shape index (κ3) is 5.65. The van der Waals surface area contributed by atoms with Gasteiger partial charge in [0, 0.05) is 5.56 Å². The SMILES string of the molecule is COc1ccc(C(CC(C)C)NC(=O)c2ccc(C3SCC(=O)N3Cc3ccco3)cc2)cc1. The van der Waals surface area contributed by atoms with Crippen LogP contribution in [0.15, 0.2) is 71.3 Å². The Labute approximate surface area is 204 Å². The van der Waals surface area contributed by atoms with Gasteiger partial charge in [0.1, 0.15) is 16.9 Å². The maximum atomic E-state index is 13.1. The lowest BCUT2D eigenvalue weighted by molar-refractivity contribution is -0.128. The molecule has 2 unspecified atom stereocenters. The Balaban J connectivity index is 1.46. The fourth-order valence-corrected chi connectivity index (χ4v) is 5.29. The standard InChI is InChI=1S/C27H30N2O4S/c1-18(2)15-24(19-10-12-22(32-3)13-11-19)28-26(31)20-6-8-21(9-7-20)27-29(25(30)17-34-27)16-23-5-4-14-33-23/h4-14,18,24,27H,15-17H2,1-3H3,(H,28,31). The molecule has 1 aliphatic heterocycles. The highest BCUT2D eigenvalue weighted by Crippen LogP contribution is 2.39. The van der Waals surface area contributed by atoms with E-state index >= 15 is 0 Å². The average Bonchev–Trinajstić information content (AvgIpc) is 3.49. The minimum atomic E-state index is -0.115. The zero-order valence-electron chi connectivity index (χ0n) is 19.7. The molecule has 3 aromatic rings. The van der Waals surface area contributed by atoms with Crippen LogP contribution in [0.25, 0.3) is 0 Å². The monoisotopic (exact) mass is 478 g/mol. The van der Waals surface area contributed by atoms with Crippen molar-refractivity contribution in [2.24, 2.45) is 5.92 Å². The van der Waals surface area contributed by atoms with Gasteiger partial charge >= 0.3 is 0 Å². The largest absolute Gasteiger partial charge is 0.497 e. The lowest BCUT2D eigenvalue weighted by Crippen LogP contribution is -2.29. The van der Waals surface area contributed by atoms with Gasteiger partial charge in [-0.15, -0.1) is 11.8 Å². The van der Waals surface area contributed by atoms with Crippen LogP contribution in [0.5, 0.6) is 5.75 Å². The molecule has 0 saturated carbocycles. The second-order valence-corrected chi connectivity index (χ2v) is 9.88. The lowest BCUT2D eigenvalue weighted by Gasteiger charge is -2.24. The van der Waals surface area contributed by atoms with Crippen molar-refractivity contribution in [2.45, 2.75) is 38.2 Å². The van der Waals surface area contributed by atoms with Gasteiger partial charge in [0.05, 0.1) is 31.7 Å². The molecule has 4 rings (SSSR count). The summed E-state index contributed by atoms with van der Waals surface area (Å²) in [7, 11) is 1.64. The van der Waals surface area contributed by atoms with Crippen molar-refractivity contribution < 1.29 is 18.7 Å². The fraction of sp³-hybridized carbons (Fsp3) is 0.333. The Morgan fingerprint density at radius 1 is 1.15 bits per heavy atom. The number of benzene rings is 2. The number of nitrogens with one attached hydrogen (secondary N) is 1. The minimum Gasteiger partial charge on any atom is -0.497 e. The smallest absolute Gasteiger partial charge is 0.251 e. The van der Waals surface area contributed by atoms with Gasteiger partial charge < -0.3 is 19.4 Å². The quantitative estimate of drug-likeness (QED) is 0.435. The number of rotatable bonds is 9. The molecular weight excluding hydrogens is 448 g/mol. The summed E-state index contributed by atoms with van der Waals surface area (Å²) in [4.78, 5) is 27.3. The lowest BCUT2D eigenvalue weighted by atomic mass is 9.96. The third-order valence-electron chi connectivity index (χ3n) is 5.86. The molecule has 1 fully saturated rings. The first kappa shape index (κ1) is 24.0. The molecule has 0 spiro atoms. The second kappa shape index (κ2) is 10.8. The van der Waals surface area contributed by atoms with E-state index in [1.165, 1.54) is 0 Å². The van der Waals surface area contributed by atoms with Gasteiger partial charge in [0.2, 0.25) is 5.91 Å². The first-order valence-corrected chi connectivity index (χ1v) is 12.5. The van der Waals surface area contributed by atoms with Gasteiger partial charge in [-0.25, -0.2) is 0 Å². The van der Waals surface area contributed by atoms with Crippen molar-refractivity contribution in [3.63, 3.8) is 0 Å². The molecule has 2 heterocycles. The van der Waals surface area contributed by atoms with Crippen LogP contribution >= 0.6 is 11.8 Å². The zero-order chi connectivity index (χ0) is 24.1. The van der Waals surface area contributed by atoms with Gasteiger partial charge in [0.15, 0.2) is 0 Å². The predicted octanol–water partition coefficient (Wildman–Crippen LogP) is 5.58. The van der Waals surface area contributed by atoms with Crippen molar-refractivity contribution in [3.05, 3.63) is 89.4 Å². The highest BCUT2D eigenvalue weighted by molar-refractivity contribution is 8.00. The molecule has 34 heavy (non-hydrogen) atoms. The van der Waals surface area contributed by atoms with E-state index in [0.717, 1.165) is 29.1 Å². The van der Waals surface area contributed by atoms with Crippen LogP contribution in [0.1, 0.15) is 58.9 Å². The van der Waals surface area contributed by atoms with Crippen LogP contribution in [-0.4, -0.2) is 29.6 Å². The molecular formula is C27H30N2O4S. The van der Waals surface area contributed by atoms with Gasteiger partial charge in [-0.3, -0.25) is 9.59 Å². The first-order valence-electron chi connectivity index (χ1n) is 11.4. The van der Waals surface area contributed by atoms with Crippen molar-refractivity contribution in [1.82, 2.24) is 10.2 Å². The summed E-state index contributed by atoms with van der Waals surface area (Å²) < 4.78 is 10.7. The molecule has 2 amide bonds. The summed E-state index contributed by atoms with van der Waals surface area (Å²) in [6.07, 6.45) is 2.45. The van der Waals surface area contributed by atoms with E-state index < -0.39 is 0 Å². The van der Waals surface area contributed by atoms with E-state index in [9.17, 15) is 9.59 Å². The molecule has 1 N–H and O–H groups in total. The number of nitrogens with zero attached hydrogens (tertiary/aromatic N) is 1. The van der Waals surface area contributed by atoms with Crippen LogP contribution in [-0.2, 0) is 11.3 Å². The predicted molar refractivity (Wildman–Crippen MR) is 134 cm³/mol. The second-order valence-electron chi connectivity index (χ2n) is 8.82. The van der Waals surface area contributed by atoms with Crippen LogP contribution in [0.2, 0.25) is 0 Å². The Kier molecular flexibility index (Phi) is 7.63. The van der Waals surface area contributed by atoms with Crippen LogP contribution < -0.4 is 10.1 Å². The normalized spacial score (nSPS) is 16.6. The number of methoxy groups -OCH3 is 1. The molecule has 6 nitrogen and oxygen atoms in total. The number of hydrogen-bond acceptors (Lipinski definition) is 5. The third-order valence-corrected chi connectivity index (χ3v) is 7.12. The maximum absolute atomic E-state index is 13.1. The summed E-state index contributed by atoms with van der Waals surface area (Å²) in [5.74, 6) is 2.38. The van der Waals surface area contributed by atoms with Crippen molar-refractivity contribution >= 4 is 23.6 Å². The van der Waals surface area contributed by atoms with Crippen molar-refractivity contribution in [3.8, 4) is 5.75 Å². The topological polar surface area (TPSA) is 71.8 Å². The van der Waals surface area contributed by atoms with E-state index in [0.29, 0.717) is 23.8 Å². The van der Waals surface area contributed by atoms with Crippen LogP contribution in [0, 0.1) is 5.92 Å². The Bertz CT molecular complexity index is 1090. The number of furan rings is 1. The molecule has 1 aromatic heterocycles. The Morgan fingerprint density at radius 2 is 1.88 bits per heavy atom. The molecule has 0 bridgehead atoms. The first-order chi connectivity index (χ1) is 16.4. The maximum Gasteiger partial charge on any atom is 0.251 e. The molecule has 1 aliphatic rings. The number of amides is 2. The van der Waals surface area contributed by atoms with E-state index in [1.807, 2.05) is 65.6 Å². The average molecular weight is 479 g/mol. The fourth-order valence-electron chi connectivity index (χ4n) is 4.10. The van der Waals surface area contributed by atoms with Crippen molar-refractivity contribution in [1.29, 1.82) is 0 Å². The highest BCUT2D eigenvalue weighted by atomic mass is 32.2. The van der Waals surface area contributed by atoms with E-state index in [-0.39, 0.29) is 23.2 Å². The summed E-state index contributed by atoms with van der Waals surface area (Å²) in [5.41, 5.74) is 2.64. The van der Waals surface area contributed by atoms with Gasteiger partial charge in [0.25, 0.3) is 5.91 Å². The van der Waals surface area contributed by atoms with E-state index in [1.54, 1.807) is 25.1 Å². The number of ether oxygens (including phenoxy) is 1. The van der Waals surface area contributed by atoms with E-state index in [2.05, 4.69) is 19.2 Å². The summed E-state index contributed by atoms with van der Waals surface area (Å²) in [6.45, 7) is 4.73. The molecule has 2 atom stereocenters. The molecule has 0 radical (unpaired) electrons. The number of carbonyl (C=O) groups is 2. The van der Waals surface area contributed by atoms with Crippen LogP contribution in [0.3, 0.4) is 0 Å². The summed E-state index contributed by atoms with van der Waals surface area (Å²) in [5, 5.41) is 3.10. The molecule has 7 heteroatoms. The van der Waals surface area contributed by atoms with Crippen LogP contribution in [0.4, 0.5) is 0 Å². The summed E-state index contributed by atoms with van der Waals surface area (Å²) >= 11 is 1.59. The van der Waals surface area contributed by atoms with Crippen molar-refractivity contribution in [2.75, 3.05) is 12.9 Å². The number of carbonyl (C=O) groups excluding carboxylic acids is 2. The number of thioether (sulfide) groups is 1. The molecule has 1 saturated heterocycles. The number of hydrogen-bond donors (Lipinski definition) is 1. The Hall–Kier alpha value is -3.19. The zero-order valence-corrected chi connectivity index (χ0v) is 20.5. The molecule has 2 aromatic carbocycles. The molecule has 178 valence electrons. The Morgan fingerprint density at radius 3 is 2.50 bits per heavy atom.